The van der Waals surface area contributed by atoms with Gasteiger partial charge >= 0.3 is 5.97 Å². The van der Waals surface area contributed by atoms with E-state index < -0.39 is 16.4 Å². The average molecular weight is 321 g/mol. The Balaban J connectivity index is 2.32. The number of carbonyl (C=O) groups excluding carboxylic acids is 1. The van der Waals surface area contributed by atoms with Crippen LogP contribution in [0.15, 0.2) is 12.1 Å². The molecule has 1 aromatic rings. The van der Waals surface area contributed by atoms with E-state index in [0.717, 1.165) is 5.56 Å². The number of hydrogen-bond donors (Lipinski definition) is 3. The minimum atomic E-state index is -0.924. The van der Waals surface area contributed by atoms with Crippen molar-refractivity contribution < 1.29 is 19.6 Å². The van der Waals surface area contributed by atoms with Crippen LogP contribution in [0.2, 0.25) is 0 Å². The van der Waals surface area contributed by atoms with Gasteiger partial charge in [-0.2, -0.15) is 0 Å². The van der Waals surface area contributed by atoms with Crippen LogP contribution in [-0.4, -0.2) is 27.4 Å². The fourth-order valence-corrected chi connectivity index (χ4v) is 2.51. The van der Waals surface area contributed by atoms with Crippen LogP contribution in [0.4, 0.5) is 17.1 Å². The van der Waals surface area contributed by atoms with Crippen LogP contribution in [-0.2, 0) is 16.0 Å². The molecule has 1 amide bonds. The zero-order chi connectivity index (χ0) is 17.2. The molecule has 1 aliphatic heterocycles. The van der Waals surface area contributed by atoms with Crippen molar-refractivity contribution in [2.75, 3.05) is 10.6 Å². The lowest BCUT2D eigenvalue weighted by Gasteiger charge is -2.28. The number of nitro benzene ring substituents is 1. The molecule has 1 aliphatic rings. The summed E-state index contributed by atoms with van der Waals surface area (Å²) in [4.78, 5) is 33.0. The Bertz CT molecular complexity index is 669. The third-order valence-electron chi connectivity index (χ3n) is 3.75. The Labute approximate surface area is 133 Å². The Morgan fingerprint density at radius 1 is 1.43 bits per heavy atom. The summed E-state index contributed by atoms with van der Waals surface area (Å²) < 4.78 is 0. The molecule has 2 rings (SSSR count). The highest BCUT2D eigenvalue weighted by Crippen LogP contribution is 2.36. The summed E-state index contributed by atoms with van der Waals surface area (Å²) in [6.45, 7) is 3.55. The van der Waals surface area contributed by atoms with Crippen LogP contribution in [0, 0.1) is 10.1 Å². The standard InChI is InChI=1S/C15H19N3O5/c1-15(2,6-5-14(20)21)17-11-8-10-9(3-4-13(19)16-10)7-12(11)18(22)23/h7-8,17H,3-6H2,1-2H3,(H,16,19)(H,20,21). The molecule has 23 heavy (non-hydrogen) atoms. The van der Waals surface area contributed by atoms with E-state index in [1.54, 1.807) is 19.9 Å². The number of nitrogens with zero attached hydrogens (tertiary/aromatic N) is 1. The Hall–Kier alpha value is -2.64. The number of fused-ring (bicyclic) bond motifs is 1. The van der Waals surface area contributed by atoms with E-state index in [4.69, 9.17) is 5.11 Å². The Morgan fingerprint density at radius 2 is 2.13 bits per heavy atom. The number of carbonyl (C=O) groups is 2. The highest BCUT2D eigenvalue weighted by Gasteiger charge is 2.26. The molecular formula is C15H19N3O5. The van der Waals surface area contributed by atoms with Crippen LogP contribution < -0.4 is 10.6 Å². The summed E-state index contributed by atoms with van der Waals surface area (Å²) in [6.07, 6.45) is 1.03. The maximum absolute atomic E-state index is 11.5. The molecule has 0 spiro atoms. The first kappa shape index (κ1) is 16.7. The summed E-state index contributed by atoms with van der Waals surface area (Å²) in [7, 11) is 0. The van der Waals surface area contributed by atoms with E-state index in [1.165, 1.54) is 6.07 Å². The molecule has 124 valence electrons. The second-order valence-corrected chi connectivity index (χ2v) is 6.23. The van der Waals surface area contributed by atoms with Crippen LogP contribution in [0.25, 0.3) is 0 Å². The van der Waals surface area contributed by atoms with Gasteiger partial charge in [-0.05, 0) is 38.3 Å². The molecule has 8 heteroatoms. The molecular weight excluding hydrogens is 302 g/mol. The summed E-state index contributed by atoms with van der Waals surface area (Å²) in [5, 5.41) is 25.8. The SMILES string of the molecule is CC(C)(CCC(=O)O)Nc1cc2c(cc1[N+](=O)[O-])CCC(=O)N2. The Morgan fingerprint density at radius 3 is 2.74 bits per heavy atom. The molecule has 0 unspecified atom stereocenters. The van der Waals surface area contributed by atoms with Gasteiger partial charge in [-0.25, -0.2) is 0 Å². The molecule has 0 radical (unpaired) electrons. The maximum Gasteiger partial charge on any atom is 0.303 e. The van der Waals surface area contributed by atoms with Crippen molar-refractivity contribution in [3.8, 4) is 0 Å². The number of benzene rings is 1. The van der Waals surface area contributed by atoms with Gasteiger partial charge < -0.3 is 15.7 Å². The predicted octanol–water partition coefficient (Wildman–Crippen LogP) is 2.53. The second-order valence-electron chi connectivity index (χ2n) is 6.23. The lowest BCUT2D eigenvalue weighted by Crippen LogP contribution is -2.32. The lowest BCUT2D eigenvalue weighted by molar-refractivity contribution is -0.384. The second kappa shape index (κ2) is 6.23. The van der Waals surface area contributed by atoms with Crippen molar-refractivity contribution in [3.05, 3.63) is 27.8 Å². The monoisotopic (exact) mass is 321 g/mol. The molecule has 1 heterocycles. The van der Waals surface area contributed by atoms with Crippen molar-refractivity contribution in [2.24, 2.45) is 0 Å². The van der Waals surface area contributed by atoms with E-state index >= 15 is 0 Å². The first-order valence-electron chi connectivity index (χ1n) is 7.29. The fraction of sp³-hybridized carbons (Fsp3) is 0.467. The third kappa shape index (κ3) is 4.18. The summed E-state index contributed by atoms with van der Waals surface area (Å²) in [5.74, 6) is -1.05. The molecule has 0 atom stereocenters. The summed E-state index contributed by atoms with van der Waals surface area (Å²) in [6, 6.07) is 3.01. The molecule has 0 fully saturated rings. The number of amides is 1. The molecule has 0 aliphatic carbocycles. The van der Waals surface area contributed by atoms with Crippen LogP contribution >= 0.6 is 0 Å². The van der Waals surface area contributed by atoms with Gasteiger partial charge in [-0.1, -0.05) is 0 Å². The van der Waals surface area contributed by atoms with Crippen molar-refractivity contribution in [2.45, 2.75) is 45.1 Å². The lowest BCUT2D eigenvalue weighted by atomic mass is 9.96. The highest BCUT2D eigenvalue weighted by atomic mass is 16.6. The van der Waals surface area contributed by atoms with Gasteiger partial charge in [0.25, 0.3) is 5.69 Å². The van der Waals surface area contributed by atoms with Crippen molar-refractivity contribution >= 4 is 28.9 Å². The van der Waals surface area contributed by atoms with Gasteiger partial charge in [-0.3, -0.25) is 19.7 Å². The highest BCUT2D eigenvalue weighted by molar-refractivity contribution is 5.95. The van der Waals surface area contributed by atoms with E-state index in [-0.39, 0.29) is 23.7 Å². The first-order chi connectivity index (χ1) is 10.7. The normalized spacial score (nSPS) is 13.9. The smallest absolute Gasteiger partial charge is 0.303 e. The van der Waals surface area contributed by atoms with Crippen LogP contribution in [0.1, 0.15) is 38.7 Å². The van der Waals surface area contributed by atoms with Crippen LogP contribution in [0.3, 0.4) is 0 Å². The zero-order valence-corrected chi connectivity index (χ0v) is 13.0. The molecule has 0 saturated carbocycles. The predicted molar refractivity (Wildman–Crippen MR) is 84.6 cm³/mol. The molecule has 3 N–H and O–H groups in total. The van der Waals surface area contributed by atoms with Gasteiger partial charge in [0.15, 0.2) is 0 Å². The van der Waals surface area contributed by atoms with E-state index in [0.29, 0.717) is 24.9 Å². The molecule has 8 nitrogen and oxygen atoms in total. The topological polar surface area (TPSA) is 122 Å². The van der Waals surface area contributed by atoms with Crippen molar-refractivity contribution in [3.63, 3.8) is 0 Å². The van der Waals surface area contributed by atoms with E-state index in [2.05, 4.69) is 10.6 Å². The zero-order valence-electron chi connectivity index (χ0n) is 13.0. The van der Waals surface area contributed by atoms with Gasteiger partial charge in [0.05, 0.1) is 4.92 Å². The molecule has 0 aromatic heterocycles. The number of hydrogen-bond acceptors (Lipinski definition) is 5. The van der Waals surface area contributed by atoms with Crippen LogP contribution in [0.5, 0.6) is 0 Å². The number of anilines is 2. The molecule has 0 saturated heterocycles. The number of carboxylic acids is 1. The number of aryl methyl sites for hydroxylation is 1. The van der Waals surface area contributed by atoms with E-state index in [1.807, 2.05) is 0 Å². The molecule has 1 aromatic carbocycles. The largest absolute Gasteiger partial charge is 0.481 e. The van der Waals surface area contributed by atoms with E-state index in [9.17, 15) is 19.7 Å². The number of carboxylic acid groups (broad SMARTS) is 1. The summed E-state index contributed by atoms with van der Waals surface area (Å²) in [5.41, 5.74) is 0.832. The number of rotatable bonds is 6. The summed E-state index contributed by atoms with van der Waals surface area (Å²) >= 11 is 0. The van der Waals surface area contributed by atoms with Crippen molar-refractivity contribution in [1.29, 1.82) is 0 Å². The minimum Gasteiger partial charge on any atom is -0.481 e. The minimum absolute atomic E-state index is 0.0462. The first-order valence-corrected chi connectivity index (χ1v) is 7.29. The van der Waals surface area contributed by atoms with Gasteiger partial charge in [0.2, 0.25) is 5.91 Å². The number of aliphatic carboxylic acids is 1. The average Bonchev–Trinajstić information content (AvgIpc) is 2.43. The Kier molecular flexibility index (Phi) is 4.53. The quantitative estimate of drug-likeness (QED) is 0.547. The number of nitro groups is 1. The van der Waals surface area contributed by atoms with Crippen molar-refractivity contribution in [1.82, 2.24) is 0 Å². The fourth-order valence-electron chi connectivity index (χ4n) is 2.51. The third-order valence-corrected chi connectivity index (χ3v) is 3.75. The maximum atomic E-state index is 11.5. The van der Waals surface area contributed by atoms with Gasteiger partial charge in [0.1, 0.15) is 5.69 Å². The van der Waals surface area contributed by atoms with Gasteiger partial charge in [0, 0.05) is 30.1 Å². The number of nitrogens with one attached hydrogen (secondary N) is 2. The van der Waals surface area contributed by atoms with Gasteiger partial charge in [-0.15, -0.1) is 0 Å². The molecule has 0 bridgehead atoms.